The molecule has 2 amide bonds. The number of benzene rings is 3. The van der Waals surface area contributed by atoms with E-state index in [1.54, 1.807) is 49.6 Å². The molecule has 4 rings (SSSR count). The van der Waals surface area contributed by atoms with Crippen LogP contribution in [0.2, 0.25) is 5.02 Å². The highest BCUT2D eigenvalue weighted by molar-refractivity contribution is 7.92. The van der Waals surface area contributed by atoms with Crippen molar-refractivity contribution >= 4 is 39.1 Å². The van der Waals surface area contributed by atoms with Gasteiger partial charge in [0.1, 0.15) is 24.1 Å². The van der Waals surface area contributed by atoms with Gasteiger partial charge in [-0.25, -0.2) is 8.42 Å². The molecule has 1 aliphatic rings. The van der Waals surface area contributed by atoms with Crippen LogP contribution >= 0.6 is 11.6 Å². The van der Waals surface area contributed by atoms with Crippen molar-refractivity contribution in [3.8, 4) is 11.5 Å². The summed E-state index contributed by atoms with van der Waals surface area (Å²) in [5.74, 6) is 0.0828. The van der Waals surface area contributed by atoms with Gasteiger partial charge < -0.3 is 19.7 Å². The average molecular weight is 642 g/mol. The van der Waals surface area contributed by atoms with Crippen LogP contribution in [0.25, 0.3) is 0 Å². The van der Waals surface area contributed by atoms with Crippen LogP contribution in [0.5, 0.6) is 11.5 Å². The highest BCUT2D eigenvalue weighted by atomic mass is 35.5. The molecule has 9 nitrogen and oxygen atoms in total. The average Bonchev–Trinajstić information content (AvgIpc) is 3.04. The number of carbonyl (C=O) groups is 2. The molecule has 0 spiro atoms. The summed E-state index contributed by atoms with van der Waals surface area (Å²) in [7, 11) is -1.27. The Balaban J connectivity index is 1.74. The van der Waals surface area contributed by atoms with Gasteiger partial charge >= 0.3 is 0 Å². The van der Waals surface area contributed by atoms with Crippen molar-refractivity contribution in [2.24, 2.45) is 0 Å². The number of hydrogen-bond donors (Lipinski definition) is 1. The van der Waals surface area contributed by atoms with Gasteiger partial charge in [0.2, 0.25) is 11.8 Å². The zero-order valence-corrected chi connectivity index (χ0v) is 26.9. The monoisotopic (exact) mass is 641 g/mol. The van der Waals surface area contributed by atoms with E-state index in [4.69, 9.17) is 21.1 Å². The molecular formula is C33H40ClN3O6S. The van der Waals surface area contributed by atoms with Crippen LogP contribution in [0.4, 0.5) is 5.69 Å². The summed E-state index contributed by atoms with van der Waals surface area (Å²) < 4.78 is 40.0. The van der Waals surface area contributed by atoms with Crippen molar-refractivity contribution in [3.05, 3.63) is 83.4 Å². The smallest absolute Gasteiger partial charge is 0.264 e. The molecule has 1 aliphatic carbocycles. The Kier molecular flexibility index (Phi) is 11.5. The minimum absolute atomic E-state index is 0.00128. The standard InChI is InChI=1S/C33H40ClN3O6S/c1-4-29(33(39)35-26-11-7-5-8-12-26)36(22-24-15-18-27(42-2)19-16-24)32(38)23-37(30-21-25(34)17-20-31(30)43-3)44(40,41)28-13-9-6-10-14-28/h6,9-10,13-21,26,29H,4-5,7-8,11-12,22-23H2,1-3H3,(H,35,39)/t29-/m1/s1. The number of sulfonamides is 1. The van der Waals surface area contributed by atoms with Gasteiger partial charge in [-0.1, -0.05) is 68.1 Å². The maximum absolute atomic E-state index is 14.4. The molecule has 0 radical (unpaired) electrons. The molecule has 0 aromatic heterocycles. The molecule has 3 aromatic carbocycles. The quantitative estimate of drug-likeness (QED) is 0.253. The minimum atomic E-state index is -4.26. The lowest BCUT2D eigenvalue weighted by Gasteiger charge is -2.34. The zero-order chi connectivity index (χ0) is 31.7. The molecule has 0 unspecified atom stereocenters. The van der Waals surface area contributed by atoms with Crippen molar-refractivity contribution < 1.29 is 27.5 Å². The van der Waals surface area contributed by atoms with Crippen LogP contribution < -0.4 is 19.1 Å². The number of carbonyl (C=O) groups excluding carboxylic acids is 2. The van der Waals surface area contributed by atoms with Crippen molar-refractivity contribution in [3.63, 3.8) is 0 Å². The summed E-state index contributed by atoms with van der Waals surface area (Å²) in [6, 6.07) is 18.9. The van der Waals surface area contributed by atoms with Gasteiger partial charge in [-0.2, -0.15) is 0 Å². The fourth-order valence-corrected chi connectivity index (χ4v) is 7.09. The fourth-order valence-electron chi connectivity index (χ4n) is 5.48. The van der Waals surface area contributed by atoms with Crippen molar-refractivity contribution in [1.29, 1.82) is 0 Å². The second-order valence-electron chi connectivity index (χ2n) is 10.8. The molecule has 0 saturated heterocycles. The number of halogens is 1. The van der Waals surface area contributed by atoms with Gasteiger partial charge in [-0.05, 0) is 67.3 Å². The third-order valence-electron chi connectivity index (χ3n) is 7.87. The zero-order valence-electron chi connectivity index (χ0n) is 25.4. The van der Waals surface area contributed by atoms with E-state index < -0.39 is 28.5 Å². The van der Waals surface area contributed by atoms with Gasteiger partial charge in [0, 0.05) is 17.6 Å². The summed E-state index contributed by atoms with van der Waals surface area (Å²) >= 11 is 6.32. The van der Waals surface area contributed by atoms with E-state index in [0.29, 0.717) is 12.2 Å². The Morgan fingerprint density at radius 2 is 1.64 bits per heavy atom. The molecule has 236 valence electrons. The SMILES string of the molecule is CC[C@H](C(=O)NC1CCCCC1)N(Cc1ccc(OC)cc1)C(=O)CN(c1cc(Cl)ccc1OC)S(=O)(=O)c1ccccc1. The molecule has 0 bridgehead atoms. The predicted molar refractivity (Wildman–Crippen MR) is 172 cm³/mol. The topological polar surface area (TPSA) is 105 Å². The second-order valence-corrected chi connectivity index (χ2v) is 13.1. The predicted octanol–water partition coefficient (Wildman–Crippen LogP) is 5.81. The van der Waals surface area contributed by atoms with Crippen LogP contribution in [0.1, 0.15) is 51.0 Å². The highest BCUT2D eigenvalue weighted by Crippen LogP contribution is 2.35. The lowest BCUT2D eigenvalue weighted by atomic mass is 9.95. The first-order valence-corrected chi connectivity index (χ1v) is 16.6. The van der Waals surface area contributed by atoms with E-state index >= 15 is 0 Å². The summed E-state index contributed by atoms with van der Waals surface area (Å²) in [5, 5.41) is 3.43. The van der Waals surface area contributed by atoms with Gasteiger partial charge in [-0.15, -0.1) is 0 Å². The third-order valence-corrected chi connectivity index (χ3v) is 9.88. The minimum Gasteiger partial charge on any atom is -0.497 e. The molecule has 3 aromatic rings. The normalized spacial score (nSPS) is 14.4. The number of amides is 2. The molecule has 1 fully saturated rings. The molecule has 1 N–H and O–H groups in total. The van der Waals surface area contributed by atoms with Crippen LogP contribution in [0.15, 0.2) is 77.7 Å². The molecular weight excluding hydrogens is 602 g/mol. The number of nitrogens with zero attached hydrogens (tertiary/aromatic N) is 2. The Morgan fingerprint density at radius 1 is 0.955 bits per heavy atom. The summed E-state index contributed by atoms with van der Waals surface area (Å²) in [6.07, 6.45) is 5.36. The maximum Gasteiger partial charge on any atom is 0.264 e. The molecule has 44 heavy (non-hydrogen) atoms. The van der Waals surface area contributed by atoms with Gasteiger partial charge in [0.25, 0.3) is 10.0 Å². The molecule has 0 aliphatic heterocycles. The van der Waals surface area contributed by atoms with Crippen LogP contribution in [-0.2, 0) is 26.2 Å². The third kappa shape index (κ3) is 8.04. The molecule has 11 heteroatoms. The highest BCUT2D eigenvalue weighted by Gasteiger charge is 2.35. The number of rotatable bonds is 13. The van der Waals surface area contributed by atoms with Crippen LogP contribution in [0.3, 0.4) is 0 Å². The van der Waals surface area contributed by atoms with E-state index in [2.05, 4.69) is 5.32 Å². The van der Waals surface area contributed by atoms with Crippen LogP contribution in [-0.4, -0.2) is 58.0 Å². The van der Waals surface area contributed by atoms with Crippen molar-refractivity contribution in [2.75, 3.05) is 25.1 Å². The van der Waals surface area contributed by atoms with E-state index in [0.717, 1.165) is 42.0 Å². The maximum atomic E-state index is 14.4. The largest absolute Gasteiger partial charge is 0.497 e. The van der Waals surface area contributed by atoms with Gasteiger partial charge in [0.15, 0.2) is 0 Å². The van der Waals surface area contributed by atoms with Gasteiger partial charge in [-0.3, -0.25) is 13.9 Å². The Labute approximate surface area is 265 Å². The molecule has 1 atom stereocenters. The first-order valence-electron chi connectivity index (χ1n) is 14.8. The number of ether oxygens (including phenoxy) is 2. The number of nitrogens with one attached hydrogen (secondary N) is 1. The van der Waals surface area contributed by atoms with E-state index in [1.807, 2.05) is 19.1 Å². The second kappa shape index (κ2) is 15.3. The fraction of sp³-hybridized carbons (Fsp3) is 0.394. The summed E-state index contributed by atoms with van der Waals surface area (Å²) in [4.78, 5) is 29.5. The van der Waals surface area contributed by atoms with Gasteiger partial charge in [0.05, 0.1) is 24.8 Å². The molecule has 0 heterocycles. The van der Waals surface area contributed by atoms with E-state index in [9.17, 15) is 18.0 Å². The summed E-state index contributed by atoms with van der Waals surface area (Å²) in [5.41, 5.74) is 0.877. The lowest BCUT2D eigenvalue weighted by molar-refractivity contribution is -0.140. The first kappa shape index (κ1) is 33.1. The van der Waals surface area contributed by atoms with Crippen molar-refractivity contribution in [2.45, 2.75) is 69.0 Å². The number of methoxy groups -OCH3 is 2. The first-order chi connectivity index (χ1) is 21.2. The van der Waals surface area contributed by atoms with E-state index in [1.165, 1.54) is 30.2 Å². The molecule has 1 saturated carbocycles. The van der Waals surface area contributed by atoms with E-state index in [-0.39, 0.29) is 39.8 Å². The Bertz CT molecular complexity index is 1510. The Morgan fingerprint density at radius 3 is 2.25 bits per heavy atom. The lowest BCUT2D eigenvalue weighted by Crippen LogP contribution is -2.54. The van der Waals surface area contributed by atoms with Crippen molar-refractivity contribution in [1.82, 2.24) is 10.2 Å². The van der Waals surface area contributed by atoms with Crippen LogP contribution in [0, 0.1) is 0 Å². The number of anilines is 1. The Hall–Kier alpha value is -3.76. The number of hydrogen-bond acceptors (Lipinski definition) is 6. The summed E-state index contributed by atoms with van der Waals surface area (Å²) in [6.45, 7) is 1.35.